The number of fused-ring (bicyclic) bond motifs is 2. The van der Waals surface area contributed by atoms with Crippen LogP contribution in [0.25, 0.3) is 21.9 Å². The first kappa shape index (κ1) is 21.6. The van der Waals surface area contributed by atoms with E-state index in [-0.39, 0.29) is 39.4 Å². The number of ether oxygens (including phenoxy) is 3. The van der Waals surface area contributed by atoms with E-state index in [1.807, 2.05) is 0 Å². The number of carbonyl (C=O) groups excluding carboxylic acids is 1. The maximum Gasteiger partial charge on any atom is 0.379 e. The van der Waals surface area contributed by atoms with E-state index in [0.29, 0.717) is 27.5 Å². The van der Waals surface area contributed by atoms with Crippen LogP contribution in [0.15, 0.2) is 80.4 Å². The van der Waals surface area contributed by atoms with E-state index < -0.39 is 5.97 Å². The molecule has 0 aliphatic heterocycles. The molecule has 0 radical (unpaired) electrons. The van der Waals surface area contributed by atoms with Gasteiger partial charge in [-0.15, -0.1) is 0 Å². The summed E-state index contributed by atoms with van der Waals surface area (Å²) in [6, 6.07) is 18.0. The maximum atomic E-state index is 13.0. The Bertz CT molecular complexity index is 1610. The summed E-state index contributed by atoms with van der Waals surface area (Å²) < 4.78 is 27.7. The third-order valence-corrected chi connectivity index (χ3v) is 5.37. The van der Waals surface area contributed by atoms with Crippen molar-refractivity contribution in [3.63, 3.8) is 0 Å². The fourth-order valence-electron chi connectivity index (χ4n) is 3.50. The SMILES string of the molecule is COc1cccc(Oc2c(C)oc3cc(OC(=O)c4cc5cc(Cl)ccc5o4)ccc3c2=O)c1. The van der Waals surface area contributed by atoms with Crippen molar-refractivity contribution in [3.05, 3.63) is 93.5 Å². The quantitative estimate of drug-likeness (QED) is 0.211. The number of hydrogen-bond acceptors (Lipinski definition) is 7. The van der Waals surface area contributed by atoms with E-state index in [1.54, 1.807) is 62.6 Å². The summed E-state index contributed by atoms with van der Waals surface area (Å²) in [4.78, 5) is 25.6. The summed E-state index contributed by atoms with van der Waals surface area (Å²) in [6.07, 6.45) is 0. The standard InChI is InChI=1S/C26H17ClO7/c1-14-25(32-18-5-3-4-17(12-18)30-2)24(28)20-8-7-19(13-22(20)31-14)33-26(29)23-11-15-10-16(27)6-9-21(15)34-23/h3-13H,1-2H3. The fraction of sp³-hybridized carbons (Fsp3) is 0.0769. The average Bonchev–Trinajstić information content (AvgIpc) is 3.25. The molecule has 3 aromatic carbocycles. The third kappa shape index (κ3) is 4.09. The molecule has 7 nitrogen and oxygen atoms in total. The molecule has 5 aromatic rings. The molecular formula is C26H17ClO7. The molecule has 8 heteroatoms. The van der Waals surface area contributed by atoms with Crippen LogP contribution in [0.2, 0.25) is 5.02 Å². The Labute approximate surface area is 198 Å². The number of halogens is 1. The van der Waals surface area contributed by atoms with Crippen LogP contribution in [-0.4, -0.2) is 13.1 Å². The summed E-state index contributed by atoms with van der Waals surface area (Å²) in [5, 5.41) is 1.49. The molecule has 0 aliphatic carbocycles. The molecule has 0 amide bonds. The number of benzene rings is 3. The van der Waals surface area contributed by atoms with Crippen LogP contribution in [0.5, 0.6) is 23.0 Å². The Morgan fingerprint density at radius 3 is 2.53 bits per heavy atom. The number of methoxy groups -OCH3 is 1. The first-order chi connectivity index (χ1) is 16.4. The molecule has 34 heavy (non-hydrogen) atoms. The maximum absolute atomic E-state index is 13.0. The van der Waals surface area contributed by atoms with Gasteiger partial charge in [0.25, 0.3) is 0 Å². The molecule has 0 saturated carbocycles. The van der Waals surface area contributed by atoms with Crippen LogP contribution in [0.3, 0.4) is 0 Å². The summed E-state index contributed by atoms with van der Waals surface area (Å²) >= 11 is 5.98. The second-order valence-electron chi connectivity index (χ2n) is 7.44. The van der Waals surface area contributed by atoms with E-state index >= 15 is 0 Å². The molecule has 5 rings (SSSR count). The summed E-state index contributed by atoms with van der Waals surface area (Å²) in [5.74, 6) is 0.899. The highest BCUT2D eigenvalue weighted by Gasteiger charge is 2.18. The minimum absolute atomic E-state index is 0.0250. The molecule has 0 aliphatic rings. The van der Waals surface area contributed by atoms with Crippen LogP contribution in [0, 0.1) is 6.92 Å². The van der Waals surface area contributed by atoms with Crippen molar-refractivity contribution in [2.45, 2.75) is 6.92 Å². The lowest BCUT2D eigenvalue weighted by molar-refractivity contribution is 0.0704. The van der Waals surface area contributed by atoms with Crippen LogP contribution in [0.1, 0.15) is 16.3 Å². The van der Waals surface area contributed by atoms with Gasteiger partial charge in [0.05, 0.1) is 12.5 Å². The molecular weight excluding hydrogens is 460 g/mol. The summed E-state index contributed by atoms with van der Waals surface area (Å²) in [5.41, 5.74) is 0.413. The Kier molecular flexibility index (Phi) is 5.47. The second kappa shape index (κ2) is 8.61. The second-order valence-corrected chi connectivity index (χ2v) is 7.87. The molecule has 0 unspecified atom stereocenters. The van der Waals surface area contributed by atoms with Crippen molar-refractivity contribution in [3.8, 4) is 23.0 Å². The molecule has 0 bridgehead atoms. The molecule has 170 valence electrons. The van der Waals surface area contributed by atoms with Gasteiger partial charge in [-0.3, -0.25) is 4.79 Å². The van der Waals surface area contributed by atoms with Gasteiger partial charge in [0.2, 0.25) is 16.9 Å². The van der Waals surface area contributed by atoms with Crippen LogP contribution >= 0.6 is 11.6 Å². The number of aryl methyl sites for hydroxylation is 1. The van der Waals surface area contributed by atoms with Crippen molar-refractivity contribution in [1.29, 1.82) is 0 Å². The minimum Gasteiger partial charge on any atom is -0.497 e. The highest BCUT2D eigenvalue weighted by molar-refractivity contribution is 6.31. The Morgan fingerprint density at radius 2 is 1.71 bits per heavy atom. The Morgan fingerprint density at radius 1 is 0.882 bits per heavy atom. The van der Waals surface area contributed by atoms with Crippen LogP contribution < -0.4 is 19.6 Å². The van der Waals surface area contributed by atoms with Crippen molar-refractivity contribution >= 4 is 39.5 Å². The zero-order valence-corrected chi connectivity index (χ0v) is 18.8. The summed E-state index contributed by atoms with van der Waals surface area (Å²) in [7, 11) is 1.54. The van der Waals surface area contributed by atoms with Gasteiger partial charge in [0.1, 0.15) is 34.2 Å². The lowest BCUT2D eigenvalue weighted by atomic mass is 10.2. The molecule has 0 N–H and O–H groups in total. The van der Waals surface area contributed by atoms with Gasteiger partial charge in [0, 0.05) is 22.5 Å². The van der Waals surface area contributed by atoms with E-state index in [2.05, 4.69) is 0 Å². The highest BCUT2D eigenvalue weighted by atomic mass is 35.5. The number of esters is 1. The van der Waals surface area contributed by atoms with Crippen molar-refractivity contribution in [2.24, 2.45) is 0 Å². The minimum atomic E-state index is -0.691. The fourth-order valence-corrected chi connectivity index (χ4v) is 3.69. The van der Waals surface area contributed by atoms with Crippen LogP contribution in [-0.2, 0) is 0 Å². The van der Waals surface area contributed by atoms with E-state index in [9.17, 15) is 9.59 Å². The zero-order chi connectivity index (χ0) is 23.8. The van der Waals surface area contributed by atoms with Gasteiger partial charge in [-0.2, -0.15) is 0 Å². The number of rotatable bonds is 5. The molecule has 0 saturated heterocycles. The normalized spacial score (nSPS) is 11.0. The Hall–Kier alpha value is -4.23. The molecule has 2 aromatic heterocycles. The lowest BCUT2D eigenvalue weighted by Crippen LogP contribution is -2.09. The van der Waals surface area contributed by atoms with E-state index in [4.69, 9.17) is 34.6 Å². The molecule has 0 spiro atoms. The first-order valence-corrected chi connectivity index (χ1v) is 10.6. The van der Waals surface area contributed by atoms with Gasteiger partial charge in [-0.1, -0.05) is 17.7 Å². The lowest BCUT2D eigenvalue weighted by Gasteiger charge is -2.10. The zero-order valence-electron chi connectivity index (χ0n) is 18.1. The number of furan rings is 1. The average molecular weight is 477 g/mol. The number of hydrogen-bond donors (Lipinski definition) is 0. The monoisotopic (exact) mass is 476 g/mol. The first-order valence-electron chi connectivity index (χ1n) is 10.2. The topological polar surface area (TPSA) is 88.1 Å². The molecule has 0 fully saturated rings. The Balaban J connectivity index is 1.43. The third-order valence-electron chi connectivity index (χ3n) is 5.14. The van der Waals surface area contributed by atoms with Gasteiger partial charge in [-0.25, -0.2) is 4.79 Å². The van der Waals surface area contributed by atoms with Crippen molar-refractivity contribution in [1.82, 2.24) is 0 Å². The predicted molar refractivity (Wildman–Crippen MR) is 126 cm³/mol. The van der Waals surface area contributed by atoms with Gasteiger partial charge in [-0.05, 0) is 55.5 Å². The van der Waals surface area contributed by atoms with Gasteiger partial charge < -0.3 is 23.0 Å². The smallest absolute Gasteiger partial charge is 0.379 e. The molecule has 0 atom stereocenters. The highest BCUT2D eigenvalue weighted by Crippen LogP contribution is 2.30. The summed E-state index contributed by atoms with van der Waals surface area (Å²) in [6.45, 7) is 1.62. The van der Waals surface area contributed by atoms with Crippen molar-refractivity contribution in [2.75, 3.05) is 7.11 Å². The van der Waals surface area contributed by atoms with E-state index in [1.165, 1.54) is 18.2 Å². The van der Waals surface area contributed by atoms with Crippen LogP contribution in [0.4, 0.5) is 0 Å². The number of carbonyl (C=O) groups is 1. The molecule has 2 heterocycles. The predicted octanol–water partition coefficient (Wildman–Crippen LogP) is 6.52. The van der Waals surface area contributed by atoms with E-state index in [0.717, 1.165) is 0 Å². The van der Waals surface area contributed by atoms with Gasteiger partial charge >= 0.3 is 5.97 Å². The van der Waals surface area contributed by atoms with Gasteiger partial charge in [0.15, 0.2) is 0 Å². The van der Waals surface area contributed by atoms with Crippen molar-refractivity contribution < 1.29 is 27.8 Å². The largest absolute Gasteiger partial charge is 0.497 e.